The molecule has 1 saturated carbocycles. The number of anilines is 2. The molecular weight excluding hydrogens is 338 g/mol. The molecule has 0 atom stereocenters. The van der Waals surface area contributed by atoms with E-state index in [-0.39, 0.29) is 17.7 Å². The summed E-state index contributed by atoms with van der Waals surface area (Å²) in [5.41, 5.74) is 3.73. The number of likely N-dealkylation sites (N-methyl/N-ethyl adjacent to an activating group) is 1. The van der Waals surface area contributed by atoms with Gasteiger partial charge < -0.3 is 15.5 Å². The molecule has 0 radical (unpaired) electrons. The fourth-order valence-corrected chi connectivity index (χ4v) is 3.00. The van der Waals surface area contributed by atoms with Crippen molar-refractivity contribution in [1.82, 2.24) is 5.32 Å². The van der Waals surface area contributed by atoms with Crippen LogP contribution in [0.2, 0.25) is 0 Å². The van der Waals surface area contributed by atoms with Gasteiger partial charge in [-0.25, -0.2) is 0 Å². The lowest BCUT2D eigenvalue weighted by Crippen LogP contribution is -2.35. The molecule has 0 bridgehead atoms. The Kier molecular flexibility index (Phi) is 6.12. The average Bonchev–Trinajstić information content (AvgIpc) is 3.51. The molecule has 2 N–H and O–H groups in total. The van der Waals surface area contributed by atoms with Gasteiger partial charge in [0.1, 0.15) is 0 Å². The van der Waals surface area contributed by atoms with E-state index >= 15 is 0 Å². The van der Waals surface area contributed by atoms with Gasteiger partial charge in [-0.15, -0.1) is 0 Å². The third-order valence-electron chi connectivity index (χ3n) is 4.78. The minimum Gasteiger partial charge on any atom is -0.370 e. The fourth-order valence-electron chi connectivity index (χ4n) is 3.00. The number of rotatable bonds is 8. The zero-order valence-electron chi connectivity index (χ0n) is 16.0. The zero-order chi connectivity index (χ0) is 19.2. The monoisotopic (exact) mass is 365 g/mol. The van der Waals surface area contributed by atoms with Crippen molar-refractivity contribution in [1.29, 1.82) is 0 Å². The minimum absolute atomic E-state index is 0.0722. The summed E-state index contributed by atoms with van der Waals surface area (Å²) in [6.45, 7) is 6.39. The van der Waals surface area contributed by atoms with Crippen molar-refractivity contribution in [2.24, 2.45) is 5.92 Å². The third-order valence-corrected chi connectivity index (χ3v) is 4.78. The SMILES string of the molecule is CCN(CCNC(=O)c1ccc(NC(=O)C2CC2)cc1)c1cccc(C)c1. The molecule has 27 heavy (non-hydrogen) atoms. The van der Waals surface area contributed by atoms with E-state index in [0.29, 0.717) is 12.1 Å². The quantitative estimate of drug-likeness (QED) is 0.751. The second-order valence-electron chi connectivity index (χ2n) is 7.02. The summed E-state index contributed by atoms with van der Waals surface area (Å²) in [7, 11) is 0. The largest absolute Gasteiger partial charge is 0.370 e. The Labute approximate surface area is 160 Å². The molecule has 5 nitrogen and oxygen atoms in total. The molecule has 0 heterocycles. The van der Waals surface area contributed by atoms with Crippen molar-refractivity contribution >= 4 is 23.2 Å². The lowest BCUT2D eigenvalue weighted by molar-refractivity contribution is -0.117. The van der Waals surface area contributed by atoms with Crippen LogP contribution < -0.4 is 15.5 Å². The van der Waals surface area contributed by atoms with Crippen molar-refractivity contribution in [3.8, 4) is 0 Å². The average molecular weight is 365 g/mol. The maximum absolute atomic E-state index is 12.3. The lowest BCUT2D eigenvalue weighted by atomic mass is 10.2. The van der Waals surface area contributed by atoms with Crippen LogP contribution in [0.3, 0.4) is 0 Å². The molecule has 0 unspecified atom stereocenters. The Morgan fingerprint density at radius 3 is 2.48 bits per heavy atom. The van der Waals surface area contributed by atoms with E-state index in [9.17, 15) is 9.59 Å². The third kappa shape index (κ3) is 5.33. The predicted octanol–water partition coefficient (Wildman–Crippen LogP) is 3.60. The van der Waals surface area contributed by atoms with Crippen LogP contribution in [-0.4, -0.2) is 31.4 Å². The Bertz CT molecular complexity index is 797. The summed E-state index contributed by atoms with van der Waals surface area (Å²) in [5.74, 6) is 0.140. The highest BCUT2D eigenvalue weighted by Crippen LogP contribution is 2.30. The highest BCUT2D eigenvalue weighted by atomic mass is 16.2. The first-order valence-electron chi connectivity index (χ1n) is 9.57. The van der Waals surface area contributed by atoms with Gasteiger partial charge in [0.2, 0.25) is 5.91 Å². The topological polar surface area (TPSA) is 61.4 Å². The summed E-state index contributed by atoms with van der Waals surface area (Å²) < 4.78 is 0. The van der Waals surface area contributed by atoms with Gasteiger partial charge in [-0.2, -0.15) is 0 Å². The summed E-state index contributed by atoms with van der Waals surface area (Å²) in [5, 5.41) is 5.85. The van der Waals surface area contributed by atoms with Crippen molar-refractivity contribution in [2.45, 2.75) is 26.7 Å². The highest BCUT2D eigenvalue weighted by molar-refractivity contribution is 5.96. The van der Waals surface area contributed by atoms with Gasteiger partial charge in [0.15, 0.2) is 0 Å². The van der Waals surface area contributed by atoms with Crippen LogP contribution in [0.15, 0.2) is 48.5 Å². The number of hydrogen-bond donors (Lipinski definition) is 2. The van der Waals surface area contributed by atoms with Crippen molar-refractivity contribution < 1.29 is 9.59 Å². The molecule has 0 saturated heterocycles. The molecule has 2 amide bonds. The number of amides is 2. The van der Waals surface area contributed by atoms with Crippen LogP contribution >= 0.6 is 0 Å². The van der Waals surface area contributed by atoms with Crippen molar-refractivity contribution in [3.05, 3.63) is 59.7 Å². The van der Waals surface area contributed by atoms with E-state index in [1.165, 1.54) is 11.3 Å². The summed E-state index contributed by atoms with van der Waals surface area (Å²) in [4.78, 5) is 26.3. The van der Waals surface area contributed by atoms with Gasteiger partial charge in [0.05, 0.1) is 0 Å². The normalized spacial score (nSPS) is 13.1. The molecule has 3 rings (SSSR count). The number of nitrogens with zero attached hydrogens (tertiary/aromatic N) is 1. The van der Waals surface area contributed by atoms with E-state index in [1.807, 2.05) is 0 Å². The standard InChI is InChI=1S/C22H27N3O2/c1-3-25(20-6-4-5-16(2)15-20)14-13-23-21(26)17-9-11-19(12-10-17)24-22(27)18-7-8-18/h4-6,9-12,15,18H,3,7-8,13-14H2,1-2H3,(H,23,26)(H,24,27). The van der Waals surface area contributed by atoms with E-state index in [2.05, 4.69) is 53.6 Å². The first-order valence-corrected chi connectivity index (χ1v) is 9.57. The zero-order valence-corrected chi connectivity index (χ0v) is 16.0. The van der Waals surface area contributed by atoms with E-state index in [0.717, 1.165) is 31.6 Å². The second kappa shape index (κ2) is 8.71. The maximum Gasteiger partial charge on any atom is 0.251 e. The molecule has 0 aliphatic heterocycles. The Morgan fingerprint density at radius 2 is 1.85 bits per heavy atom. The van der Waals surface area contributed by atoms with Crippen LogP contribution in [0.1, 0.15) is 35.7 Å². The summed E-state index contributed by atoms with van der Waals surface area (Å²) in [6.07, 6.45) is 1.95. The van der Waals surface area contributed by atoms with Crippen LogP contribution in [-0.2, 0) is 4.79 Å². The van der Waals surface area contributed by atoms with E-state index in [4.69, 9.17) is 0 Å². The molecular formula is C22H27N3O2. The van der Waals surface area contributed by atoms with Gasteiger partial charge in [-0.3, -0.25) is 9.59 Å². The smallest absolute Gasteiger partial charge is 0.251 e. The van der Waals surface area contributed by atoms with Gasteiger partial charge in [0, 0.05) is 42.5 Å². The number of carbonyl (C=O) groups excluding carboxylic acids is 2. The number of benzene rings is 2. The summed E-state index contributed by atoms with van der Waals surface area (Å²) >= 11 is 0. The fraction of sp³-hybridized carbons (Fsp3) is 0.364. The van der Waals surface area contributed by atoms with Gasteiger partial charge in [-0.05, 0) is 68.7 Å². The van der Waals surface area contributed by atoms with E-state index < -0.39 is 0 Å². The molecule has 1 aliphatic rings. The lowest BCUT2D eigenvalue weighted by Gasteiger charge is -2.23. The van der Waals surface area contributed by atoms with Crippen LogP contribution in [0.25, 0.3) is 0 Å². The highest BCUT2D eigenvalue weighted by Gasteiger charge is 2.29. The van der Waals surface area contributed by atoms with Gasteiger partial charge >= 0.3 is 0 Å². The molecule has 5 heteroatoms. The predicted molar refractivity (Wildman–Crippen MR) is 109 cm³/mol. The summed E-state index contributed by atoms with van der Waals surface area (Å²) in [6, 6.07) is 15.4. The van der Waals surface area contributed by atoms with Crippen LogP contribution in [0.4, 0.5) is 11.4 Å². The first kappa shape index (κ1) is 19.0. The van der Waals surface area contributed by atoms with Crippen LogP contribution in [0, 0.1) is 12.8 Å². The Balaban J connectivity index is 1.48. The minimum atomic E-state index is -0.102. The van der Waals surface area contributed by atoms with Gasteiger partial charge in [0.25, 0.3) is 5.91 Å². The number of aryl methyl sites for hydroxylation is 1. The molecule has 2 aromatic carbocycles. The maximum atomic E-state index is 12.3. The molecule has 0 aromatic heterocycles. The number of carbonyl (C=O) groups is 2. The second-order valence-corrected chi connectivity index (χ2v) is 7.02. The molecule has 1 fully saturated rings. The van der Waals surface area contributed by atoms with Crippen molar-refractivity contribution in [3.63, 3.8) is 0 Å². The van der Waals surface area contributed by atoms with E-state index in [1.54, 1.807) is 24.3 Å². The van der Waals surface area contributed by atoms with Crippen molar-refractivity contribution in [2.75, 3.05) is 29.9 Å². The Hall–Kier alpha value is -2.82. The Morgan fingerprint density at radius 1 is 1.11 bits per heavy atom. The number of nitrogens with one attached hydrogen (secondary N) is 2. The first-order chi connectivity index (χ1) is 13.1. The van der Waals surface area contributed by atoms with Crippen LogP contribution in [0.5, 0.6) is 0 Å². The number of hydrogen-bond acceptors (Lipinski definition) is 3. The molecule has 1 aliphatic carbocycles. The molecule has 2 aromatic rings. The molecule has 0 spiro atoms. The molecule has 142 valence electrons. The van der Waals surface area contributed by atoms with Gasteiger partial charge in [-0.1, -0.05) is 12.1 Å².